The van der Waals surface area contributed by atoms with Gasteiger partial charge < -0.3 is 10.4 Å². The van der Waals surface area contributed by atoms with E-state index in [0.717, 1.165) is 19.3 Å². The molecule has 5 heteroatoms. The summed E-state index contributed by atoms with van der Waals surface area (Å²) in [6, 6.07) is 0. The summed E-state index contributed by atoms with van der Waals surface area (Å²) >= 11 is 0. The predicted octanol–water partition coefficient (Wildman–Crippen LogP) is 1.69. The summed E-state index contributed by atoms with van der Waals surface area (Å²) in [6.07, 6.45) is -3.59. The molecular weight excluding hydrogens is 195 g/mol. The van der Waals surface area contributed by atoms with Crippen molar-refractivity contribution in [1.29, 1.82) is 0 Å². The van der Waals surface area contributed by atoms with Gasteiger partial charge in [0.1, 0.15) is 0 Å². The van der Waals surface area contributed by atoms with Gasteiger partial charge in [-0.3, -0.25) is 0 Å². The van der Waals surface area contributed by atoms with Crippen LogP contribution in [-0.2, 0) is 0 Å². The second-order valence-electron chi connectivity index (χ2n) is 4.04. The van der Waals surface area contributed by atoms with Gasteiger partial charge in [0.15, 0.2) is 6.10 Å². The van der Waals surface area contributed by atoms with Gasteiger partial charge in [-0.2, -0.15) is 13.2 Å². The van der Waals surface area contributed by atoms with E-state index in [1.165, 1.54) is 0 Å². The first-order valence-corrected chi connectivity index (χ1v) is 4.85. The maximum absolute atomic E-state index is 11.9. The monoisotopic (exact) mass is 211 g/mol. The lowest BCUT2D eigenvalue weighted by atomic mass is 10.0. The van der Waals surface area contributed by atoms with E-state index in [4.69, 9.17) is 5.11 Å². The van der Waals surface area contributed by atoms with Gasteiger partial charge >= 0.3 is 6.18 Å². The molecule has 0 aliphatic heterocycles. The van der Waals surface area contributed by atoms with Crippen LogP contribution in [0.15, 0.2) is 0 Å². The molecule has 1 saturated carbocycles. The zero-order valence-corrected chi connectivity index (χ0v) is 8.19. The van der Waals surface area contributed by atoms with Gasteiger partial charge in [0, 0.05) is 13.1 Å². The highest BCUT2D eigenvalue weighted by Crippen LogP contribution is 2.47. The van der Waals surface area contributed by atoms with Crippen molar-refractivity contribution in [2.24, 2.45) is 5.41 Å². The van der Waals surface area contributed by atoms with Gasteiger partial charge in [0.2, 0.25) is 0 Å². The molecule has 1 unspecified atom stereocenters. The topological polar surface area (TPSA) is 32.3 Å². The fraction of sp³-hybridized carbons (Fsp3) is 1.00. The first-order chi connectivity index (χ1) is 6.40. The highest BCUT2D eigenvalue weighted by Gasteiger charge is 2.42. The van der Waals surface area contributed by atoms with E-state index < -0.39 is 18.8 Å². The second kappa shape index (κ2) is 4.06. The quantitative estimate of drug-likeness (QED) is 0.725. The zero-order valence-electron chi connectivity index (χ0n) is 8.19. The first-order valence-electron chi connectivity index (χ1n) is 4.85. The van der Waals surface area contributed by atoms with Gasteiger partial charge in [-0.1, -0.05) is 6.92 Å². The number of rotatable bonds is 5. The minimum atomic E-state index is -4.50. The summed E-state index contributed by atoms with van der Waals surface area (Å²) in [5.74, 6) is 0. The third kappa shape index (κ3) is 3.13. The zero-order chi connectivity index (χ0) is 10.8. The Bertz CT molecular complexity index is 189. The number of aliphatic hydroxyl groups is 1. The van der Waals surface area contributed by atoms with Crippen molar-refractivity contribution in [1.82, 2.24) is 5.32 Å². The largest absolute Gasteiger partial charge is 0.415 e. The van der Waals surface area contributed by atoms with Gasteiger partial charge in [0.05, 0.1) is 0 Å². The second-order valence-corrected chi connectivity index (χ2v) is 4.04. The summed E-state index contributed by atoms with van der Waals surface area (Å²) in [5, 5.41) is 11.4. The summed E-state index contributed by atoms with van der Waals surface area (Å²) < 4.78 is 35.6. The summed E-state index contributed by atoms with van der Waals surface area (Å²) in [6.45, 7) is 2.22. The van der Waals surface area contributed by atoms with Crippen LogP contribution in [0.5, 0.6) is 0 Å². The molecule has 0 aromatic heterocycles. The Balaban J connectivity index is 2.15. The Morgan fingerprint density at radius 3 is 2.36 bits per heavy atom. The van der Waals surface area contributed by atoms with Crippen LogP contribution in [0.4, 0.5) is 13.2 Å². The van der Waals surface area contributed by atoms with Crippen LogP contribution in [0.25, 0.3) is 0 Å². The first kappa shape index (κ1) is 11.8. The average Bonchev–Trinajstić information content (AvgIpc) is 2.84. The van der Waals surface area contributed by atoms with Gasteiger partial charge in [0.25, 0.3) is 0 Å². The molecule has 1 aliphatic rings. The van der Waals surface area contributed by atoms with Crippen molar-refractivity contribution < 1.29 is 18.3 Å². The average molecular weight is 211 g/mol. The van der Waals surface area contributed by atoms with Crippen molar-refractivity contribution in [3.63, 3.8) is 0 Å². The number of halogens is 3. The maximum Gasteiger partial charge on any atom is 0.415 e. The molecule has 0 bridgehead atoms. The molecule has 1 atom stereocenters. The van der Waals surface area contributed by atoms with E-state index >= 15 is 0 Å². The van der Waals surface area contributed by atoms with E-state index in [2.05, 4.69) is 5.32 Å². The molecule has 14 heavy (non-hydrogen) atoms. The van der Waals surface area contributed by atoms with E-state index in [0.29, 0.717) is 6.54 Å². The molecule has 84 valence electrons. The minimum absolute atomic E-state index is 0.214. The Hall–Kier alpha value is -0.290. The van der Waals surface area contributed by atoms with Gasteiger partial charge in [-0.25, -0.2) is 0 Å². The fourth-order valence-electron chi connectivity index (χ4n) is 1.42. The molecule has 0 saturated heterocycles. The van der Waals surface area contributed by atoms with E-state index in [9.17, 15) is 13.2 Å². The van der Waals surface area contributed by atoms with E-state index in [-0.39, 0.29) is 5.41 Å². The standard InChI is InChI=1S/C9H16F3NO/c1-2-8(3-4-8)6-13-5-7(14)9(10,11)12/h7,13-14H,2-6H2,1H3. The number of hydrogen-bond donors (Lipinski definition) is 2. The lowest BCUT2D eigenvalue weighted by molar-refractivity contribution is -0.201. The van der Waals surface area contributed by atoms with Crippen LogP contribution < -0.4 is 5.32 Å². The lowest BCUT2D eigenvalue weighted by Gasteiger charge is -2.18. The highest BCUT2D eigenvalue weighted by molar-refractivity contribution is 4.93. The fourth-order valence-corrected chi connectivity index (χ4v) is 1.42. The smallest absolute Gasteiger partial charge is 0.382 e. The third-order valence-electron chi connectivity index (χ3n) is 2.92. The molecule has 1 aliphatic carbocycles. The third-order valence-corrected chi connectivity index (χ3v) is 2.92. The molecule has 1 fully saturated rings. The number of nitrogens with one attached hydrogen (secondary N) is 1. The molecule has 0 heterocycles. The van der Waals surface area contributed by atoms with Gasteiger partial charge in [-0.05, 0) is 24.7 Å². The summed E-state index contributed by atoms with van der Waals surface area (Å²) in [4.78, 5) is 0. The van der Waals surface area contributed by atoms with Crippen LogP contribution in [0.3, 0.4) is 0 Å². The Kier molecular flexibility index (Phi) is 3.42. The highest BCUT2D eigenvalue weighted by atomic mass is 19.4. The van der Waals surface area contributed by atoms with Crippen LogP contribution >= 0.6 is 0 Å². The molecule has 2 N–H and O–H groups in total. The van der Waals surface area contributed by atoms with E-state index in [1.54, 1.807) is 0 Å². The van der Waals surface area contributed by atoms with Crippen molar-refractivity contribution in [2.75, 3.05) is 13.1 Å². The van der Waals surface area contributed by atoms with Crippen molar-refractivity contribution in [3.05, 3.63) is 0 Å². The van der Waals surface area contributed by atoms with Crippen LogP contribution in [-0.4, -0.2) is 30.5 Å². The molecule has 0 amide bonds. The molecule has 0 aromatic rings. The van der Waals surface area contributed by atoms with Crippen molar-refractivity contribution in [3.8, 4) is 0 Å². The van der Waals surface area contributed by atoms with Crippen LogP contribution in [0.1, 0.15) is 26.2 Å². The maximum atomic E-state index is 11.9. The number of hydrogen-bond acceptors (Lipinski definition) is 2. The van der Waals surface area contributed by atoms with Crippen LogP contribution in [0, 0.1) is 5.41 Å². The summed E-state index contributed by atoms with van der Waals surface area (Å²) in [5.41, 5.74) is 0.214. The Morgan fingerprint density at radius 1 is 1.43 bits per heavy atom. The normalized spacial score (nSPS) is 22.1. The minimum Gasteiger partial charge on any atom is -0.382 e. The number of aliphatic hydroxyl groups excluding tert-OH is 1. The van der Waals surface area contributed by atoms with Crippen molar-refractivity contribution >= 4 is 0 Å². The van der Waals surface area contributed by atoms with Crippen LogP contribution in [0.2, 0.25) is 0 Å². The number of alkyl halides is 3. The molecule has 0 radical (unpaired) electrons. The molecular formula is C9H16F3NO. The lowest BCUT2D eigenvalue weighted by Crippen LogP contribution is -2.40. The predicted molar refractivity (Wildman–Crippen MR) is 46.9 cm³/mol. The SMILES string of the molecule is CCC1(CNCC(O)C(F)(F)F)CC1. The Labute approximate surface area is 81.5 Å². The van der Waals surface area contributed by atoms with Crippen molar-refractivity contribution in [2.45, 2.75) is 38.5 Å². The Morgan fingerprint density at radius 2 is 2.00 bits per heavy atom. The molecule has 1 rings (SSSR count). The molecule has 0 aromatic carbocycles. The molecule has 0 spiro atoms. The van der Waals surface area contributed by atoms with E-state index in [1.807, 2.05) is 6.92 Å². The van der Waals surface area contributed by atoms with Gasteiger partial charge in [-0.15, -0.1) is 0 Å². The summed E-state index contributed by atoms with van der Waals surface area (Å²) in [7, 11) is 0. The molecule has 2 nitrogen and oxygen atoms in total.